The summed E-state index contributed by atoms with van der Waals surface area (Å²) >= 11 is 0. The number of anilines is 1. The second kappa shape index (κ2) is 4.94. The summed E-state index contributed by atoms with van der Waals surface area (Å²) in [6.07, 6.45) is 2.65. The first-order valence-corrected chi connectivity index (χ1v) is 5.41. The molecule has 1 aliphatic rings. The van der Waals surface area contributed by atoms with Gasteiger partial charge in [-0.1, -0.05) is 0 Å². The Kier molecular flexibility index (Phi) is 3.36. The smallest absolute Gasteiger partial charge is 0.143 e. The van der Waals surface area contributed by atoms with Crippen molar-refractivity contribution in [2.75, 3.05) is 31.2 Å². The lowest BCUT2D eigenvalue weighted by molar-refractivity contribution is 0.152. The molecule has 0 atom stereocenters. The van der Waals surface area contributed by atoms with Crippen LogP contribution in [0.5, 0.6) is 0 Å². The molecule has 0 spiro atoms. The van der Waals surface area contributed by atoms with Crippen LogP contribution < -0.4 is 10.6 Å². The van der Waals surface area contributed by atoms with Crippen LogP contribution in [0.1, 0.15) is 12.1 Å². The first-order valence-electron chi connectivity index (χ1n) is 5.41. The van der Waals surface area contributed by atoms with Gasteiger partial charge in [-0.05, 0) is 18.6 Å². The van der Waals surface area contributed by atoms with Crippen molar-refractivity contribution in [2.45, 2.75) is 6.42 Å². The molecule has 1 aromatic heterocycles. The van der Waals surface area contributed by atoms with Gasteiger partial charge in [-0.3, -0.25) is 10.4 Å². The van der Waals surface area contributed by atoms with E-state index < -0.39 is 0 Å². The van der Waals surface area contributed by atoms with Gasteiger partial charge in [0.2, 0.25) is 0 Å². The lowest BCUT2D eigenvalue weighted by atomic mass is 10.2. The maximum atomic E-state index is 7.51. The highest BCUT2D eigenvalue weighted by Gasteiger charge is 2.15. The van der Waals surface area contributed by atoms with Gasteiger partial charge < -0.3 is 15.4 Å². The fraction of sp³-hybridized carbons (Fsp3) is 0.455. The van der Waals surface area contributed by atoms with E-state index in [1.54, 1.807) is 6.20 Å². The molecule has 2 rings (SSSR count). The molecule has 86 valence electrons. The Morgan fingerprint density at radius 1 is 1.44 bits per heavy atom. The summed E-state index contributed by atoms with van der Waals surface area (Å²) in [6.45, 7) is 3.26. The van der Waals surface area contributed by atoms with Crippen LogP contribution in [0, 0.1) is 5.41 Å². The van der Waals surface area contributed by atoms with Gasteiger partial charge in [0, 0.05) is 25.9 Å². The van der Waals surface area contributed by atoms with Crippen molar-refractivity contribution in [1.82, 2.24) is 4.98 Å². The molecule has 5 nitrogen and oxygen atoms in total. The second-order valence-corrected chi connectivity index (χ2v) is 3.74. The quantitative estimate of drug-likeness (QED) is 0.565. The van der Waals surface area contributed by atoms with E-state index in [1.807, 2.05) is 12.1 Å². The molecule has 0 saturated carbocycles. The Morgan fingerprint density at radius 2 is 2.31 bits per heavy atom. The van der Waals surface area contributed by atoms with E-state index >= 15 is 0 Å². The van der Waals surface area contributed by atoms with Crippen LogP contribution in [0.2, 0.25) is 0 Å². The average molecular weight is 220 g/mol. The molecule has 0 amide bonds. The molecule has 0 radical (unpaired) electrons. The van der Waals surface area contributed by atoms with Crippen molar-refractivity contribution in [3.63, 3.8) is 0 Å². The minimum atomic E-state index is 0.0146. The maximum absolute atomic E-state index is 7.51. The van der Waals surface area contributed by atoms with Gasteiger partial charge in [-0.2, -0.15) is 0 Å². The first kappa shape index (κ1) is 10.9. The summed E-state index contributed by atoms with van der Waals surface area (Å²) in [5, 5.41) is 7.51. The van der Waals surface area contributed by atoms with Crippen molar-refractivity contribution in [3.05, 3.63) is 24.0 Å². The lowest BCUT2D eigenvalue weighted by Gasteiger charge is -2.23. The highest BCUT2D eigenvalue weighted by atomic mass is 16.5. The average Bonchev–Trinajstić information content (AvgIpc) is 2.57. The lowest BCUT2D eigenvalue weighted by Crippen LogP contribution is -2.29. The number of aromatic nitrogens is 1. The number of hydrogen-bond donors (Lipinski definition) is 2. The normalized spacial score (nSPS) is 16.9. The summed E-state index contributed by atoms with van der Waals surface area (Å²) in [4.78, 5) is 6.33. The Bertz CT molecular complexity index is 372. The number of nitrogens with zero attached hydrogens (tertiary/aromatic N) is 2. The Labute approximate surface area is 94.7 Å². The number of ether oxygens (including phenoxy) is 1. The molecule has 1 aromatic rings. The van der Waals surface area contributed by atoms with E-state index in [0.29, 0.717) is 12.3 Å². The molecule has 0 bridgehead atoms. The molecule has 0 aliphatic carbocycles. The standard InChI is InChI=1S/C11H16N4O/c12-11(13)10-9(3-1-4-14-10)15-5-2-7-16-8-6-15/h1,3-4H,2,5-8H2,(H3,12,13). The summed E-state index contributed by atoms with van der Waals surface area (Å²) in [6, 6.07) is 3.82. The van der Waals surface area contributed by atoms with Gasteiger partial charge in [0.25, 0.3) is 0 Å². The van der Waals surface area contributed by atoms with Gasteiger partial charge in [-0.15, -0.1) is 0 Å². The number of nitrogens with one attached hydrogen (secondary N) is 1. The molecule has 1 aliphatic heterocycles. The Morgan fingerprint density at radius 3 is 3.12 bits per heavy atom. The predicted molar refractivity (Wildman–Crippen MR) is 62.9 cm³/mol. The van der Waals surface area contributed by atoms with E-state index in [2.05, 4.69) is 9.88 Å². The maximum Gasteiger partial charge on any atom is 0.143 e. The minimum Gasteiger partial charge on any atom is -0.382 e. The molecular formula is C11H16N4O. The highest BCUT2D eigenvalue weighted by Crippen LogP contribution is 2.18. The van der Waals surface area contributed by atoms with Crippen LogP contribution in [0.3, 0.4) is 0 Å². The van der Waals surface area contributed by atoms with Gasteiger partial charge >= 0.3 is 0 Å². The second-order valence-electron chi connectivity index (χ2n) is 3.74. The van der Waals surface area contributed by atoms with E-state index in [4.69, 9.17) is 15.9 Å². The van der Waals surface area contributed by atoms with Crippen molar-refractivity contribution < 1.29 is 4.74 Å². The Hall–Kier alpha value is -1.62. The third-order valence-electron chi connectivity index (χ3n) is 2.60. The third kappa shape index (κ3) is 2.30. The molecule has 0 unspecified atom stereocenters. The van der Waals surface area contributed by atoms with Crippen molar-refractivity contribution in [3.8, 4) is 0 Å². The van der Waals surface area contributed by atoms with Gasteiger partial charge in [-0.25, -0.2) is 0 Å². The molecule has 5 heteroatoms. The fourth-order valence-electron chi connectivity index (χ4n) is 1.85. The monoisotopic (exact) mass is 220 g/mol. The zero-order chi connectivity index (χ0) is 11.4. The van der Waals surface area contributed by atoms with Gasteiger partial charge in [0.15, 0.2) is 0 Å². The van der Waals surface area contributed by atoms with Crippen molar-refractivity contribution in [1.29, 1.82) is 5.41 Å². The Balaban J connectivity index is 2.27. The zero-order valence-electron chi connectivity index (χ0n) is 9.15. The third-order valence-corrected chi connectivity index (χ3v) is 2.60. The van der Waals surface area contributed by atoms with Crippen LogP contribution >= 0.6 is 0 Å². The fourth-order valence-corrected chi connectivity index (χ4v) is 1.85. The van der Waals surface area contributed by atoms with Crippen molar-refractivity contribution in [2.24, 2.45) is 5.73 Å². The number of hydrogen-bond acceptors (Lipinski definition) is 4. The van der Waals surface area contributed by atoms with E-state index in [9.17, 15) is 0 Å². The highest BCUT2D eigenvalue weighted by molar-refractivity contribution is 5.98. The van der Waals surface area contributed by atoms with E-state index in [0.717, 1.165) is 31.8 Å². The first-order chi connectivity index (χ1) is 7.79. The largest absolute Gasteiger partial charge is 0.382 e. The molecule has 0 aromatic carbocycles. The van der Waals surface area contributed by atoms with Gasteiger partial charge in [0.05, 0.1) is 12.3 Å². The van der Waals surface area contributed by atoms with Gasteiger partial charge in [0.1, 0.15) is 11.5 Å². The van der Waals surface area contributed by atoms with Crippen LogP contribution in [0.15, 0.2) is 18.3 Å². The van der Waals surface area contributed by atoms with E-state index in [-0.39, 0.29) is 5.84 Å². The molecule has 3 N–H and O–H groups in total. The number of nitrogen functional groups attached to an aromatic ring is 1. The number of amidine groups is 1. The van der Waals surface area contributed by atoms with Crippen LogP contribution in [0.4, 0.5) is 5.69 Å². The molecule has 2 heterocycles. The summed E-state index contributed by atoms with van der Waals surface area (Å²) < 4.78 is 5.40. The molecule has 1 fully saturated rings. The minimum absolute atomic E-state index is 0.0146. The summed E-state index contributed by atoms with van der Waals surface area (Å²) in [7, 11) is 0. The van der Waals surface area contributed by atoms with Crippen LogP contribution in [-0.4, -0.2) is 37.1 Å². The number of rotatable bonds is 2. The zero-order valence-corrected chi connectivity index (χ0v) is 9.15. The molecule has 16 heavy (non-hydrogen) atoms. The molecular weight excluding hydrogens is 204 g/mol. The van der Waals surface area contributed by atoms with Crippen molar-refractivity contribution >= 4 is 11.5 Å². The predicted octanol–water partition coefficient (Wildman–Crippen LogP) is 0.592. The van der Waals surface area contributed by atoms with Crippen LogP contribution in [0.25, 0.3) is 0 Å². The number of nitrogens with two attached hydrogens (primary N) is 1. The number of pyridine rings is 1. The SMILES string of the molecule is N=C(N)c1ncccc1N1CCCOCC1. The molecule has 1 saturated heterocycles. The topological polar surface area (TPSA) is 75.2 Å². The summed E-state index contributed by atoms with van der Waals surface area (Å²) in [5.74, 6) is 0.0146. The summed E-state index contributed by atoms with van der Waals surface area (Å²) in [5.41, 5.74) is 7.01. The van der Waals surface area contributed by atoms with E-state index in [1.165, 1.54) is 0 Å². The van der Waals surface area contributed by atoms with Crippen LogP contribution in [-0.2, 0) is 4.74 Å².